The zero-order chi connectivity index (χ0) is 12.3. The largest absolute Gasteiger partial charge is 0.462 e. The third-order valence-electron chi connectivity index (χ3n) is 2.61. The van der Waals surface area contributed by atoms with Gasteiger partial charge in [-0.2, -0.15) is 0 Å². The van der Waals surface area contributed by atoms with Crippen LogP contribution < -0.4 is 5.32 Å². The lowest BCUT2D eigenvalue weighted by Gasteiger charge is -2.08. The van der Waals surface area contributed by atoms with Crippen molar-refractivity contribution in [1.29, 1.82) is 0 Å². The van der Waals surface area contributed by atoms with Crippen molar-refractivity contribution in [1.82, 2.24) is 5.32 Å². The van der Waals surface area contributed by atoms with Crippen LogP contribution in [0.1, 0.15) is 16.8 Å². The molecule has 1 aliphatic rings. The van der Waals surface area contributed by atoms with E-state index >= 15 is 0 Å². The van der Waals surface area contributed by atoms with E-state index in [1.165, 1.54) is 18.2 Å². The van der Waals surface area contributed by atoms with Crippen molar-refractivity contribution < 1.29 is 18.7 Å². The van der Waals surface area contributed by atoms with Crippen molar-refractivity contribution in [2.75, 3.05) is 13.2 Å². The first kappa shape index (κ1) is 11.6. The predicted octanol–water partition coefficient (Wildman–Crippen LogP) is 1.12. The molecule has 1 heterocycles. The Kier molecular flexibility index (Phi) is 3.37. The average Bonchev–Trinajstić information content (AvgIpc) is 2.73. The number of ether oxygens (including phenoxy) is 1. The van der Waals surface area contributed by atoms with Crippen LogP contribution >= 0.6 is 0 Å². The molecule has 5 heteroatoms. The highest BCUT2D eigenvalue weighted by atomic mass is 19.1. The van der Waals surface area contributed by atoms with E-state index in [1.807, 2.05) is 0 Å². The molecular formula is C12H12FNO3. The van der Waals surface area contributed by atoms with Gasteiger partial charge in [0.25, 0.3) is 0 Å². The summed E-state index contributed by atoms with van der Waals surface area (Å²) >= 11 is 0. The molecule has 1 amide bonds. The highest BCUT2D eigenvalue weighted by Crippen LogP contribution is 2.12. The van der Waals surface area contributed by atoms with Crippen molar-refractivity contribution in [3.63, 3.8) is 0 Å². The summed E-state index contributed by atoms with van der Waals surface area (Å²) in [6.07, 6.45) is 0.352. The molecule has 1 aromatic carbocycles. The van der Waals surface area contributed by atoms with Gasteiger partial charge in [-0.15, -0.1) is 0 Å². The van der Waals surface area contributed by atoms with Crippen LogP contribution in [0, 0.1) is 11.7 Å². The van der Waals surface area contributed by atoms with Crippen LogP contribution in [0.15, 0.2) is 24.3 Å². The van der Waals surface area contributed by atoms with Gasteiger partial charge in [0.05, 0.1) is 12.2 Å². The summed E-state index contributed by atoms with van der Waals surface area (Å²) < 4.78 is 18.2. The minimum atomic E-state index is -0.692. The van der Waals surface area contributed by atoms with Gasteiger partial charge in [0.1, 0.15) is 5.82 Å². The number of nitrogens with one attached hydrogen (secondary N) is 1. The second kappa shape index (κ2) is 4.95. The van der Waals surface area contributed by atoms with E-state index in [0.29, 0.717) is 13.0 Å². The highest BCUT2D eigenvalue weighted by molar-refractivity contribution is 5.89. The standard InChI is InChI=1S/C12H12FNO3/c13-10-4-2-1-3-9(10)12(16)17-7-8-5-11(15)14-6-8/h1-4,8H,5-7H2,(H,14,15)/t8-/m1/s1. The number of hydrogen-bond acceptors (Lipinski definition) is 3. The monoisotopic (exact) mass is 237 g/mol. The third-order valence-corrected chi connectivity index (χ3v) is 2.61. The number of carbonyl (C=O) groups is 2. The topological polar surface area (TPSA) is 55.4 Å². The van der Waals surface area contributed by atoms with Crippen LogP contribution in [0.2, 0.25) is 0 Å². The molecule has 4 nitrogen and oxygen atoms in total. The maximum Gasteiger partial charge on any atom is 0.341 e. The number of esters is 1. The van der Waals surface area contributed by atoms with Crippen LogP contribution in [0.5, 0.6) is 0 Å². The highest BCUT2D eigenvalue weighted by Gasteiger charge is 2.23. The van der Waals surface area contributed by atoms with Gasteiger partial charge in [-0.05, 0) is 12.1 Å². The zero-order valence-electron chi connectivity index (χ0n) is 9.11. The maximum absolute atomic E-state index is 13.2. The summed E-state index contributed by atoms with van der Waals surface area (Å²) in [7, 11) is 0. The smallest absolute Gasteiger partial charge is 0.341 e. The van der Waals surface area contributed by atoms with Gasteiger partial charge in [0.15, 0.2) is 0 Å². The summed E-state index contributed by atoms with van der Waals surface area (Å²) in [5.41, 5.74) is -0.0789. The molecule has 0 spiro atoms. The van der Waals surface area contributed by atoms with Crippen LogP contribution in [-0.4, -0.2) is 25.0 Å². The molecule has 0 unspecified atom stereocenters. The normalized spacial score (nSPS) is 18.9. The van der Waals surface area contributed by atoms with Crippen molar-refractivity contribution in [3.8, 4) is 0 Å². The molecule has 17 heavy (non-hydrogen) atoms. The fourth-order valence-corrected chi connectivity index (χ4v) is 1.68. The maximum atomic E-state index is 13.2. The van der Waals surface area contributed by atoms with E-state index in [4.69, 9.17) is 4.74 Å². The second-order valence-electron chi connectivity index (χ2n) is 3.95. The first-order chi connectivity index (χ1) is 8.16. The summed E-state index contributed by atoms with van der Waals surface area (Å²) in [4.78, 5) is 22.4. The molecule has 0 saturated carbocycles. The summed E-state index contributed by atoms with van der Waals surface area (Å²) in [5.74, 6) is -1.35. The fourth-order valence-electron chi connectivity index (χ4n) is 1.68. The van der Waals surface area contributed by atoms with Gasteiger partial charge < -0.3 is 10.1 Å². The van der Waals surface area contributed by atoms with E-state index in [2.05, 4.69) is 5.32 Å². The van der Waals surface area contributed by atoms with Crippen LogP contribution in [0.4, 0.5) is 4.39 Å². The Morgan fingerprint density at radius 2 is 2.24 bits per heavy atom. The van der Waals surface area contributed by atoms with Crippen LogP contribution in [-0.2, 0) is 9.53 Å². The number of amides is 1. The molecule has 1 atom stereocenters. The quantitative estimate of drug-likeness (QED) is 0.801. The van der Waals surface area contributed by atoms with E-state index in [1.54, 1.807) is 6.07 Å². The Balaban J connectivity index is 1.90. The number of halogens is 1. The van der Waals surface area contributed by atoms with Gasteiger partial charge >= 0.3 is 5.97 Å². The Bertz CT molecular complexity index is 447. The lowest BCUT2D eigenvalue weighted by Crippen LogP contribution is -2.18. The molecule has 1 fully saturated rings. The molecule has 90 valence electrons. The van der Waals surface area contributed by atoms with E-state index in [-0.39, 0.29) is 24.0 Å². The van der Waals surface area contributed by atoms with E-state index in [0.717, 1.165) is 0 Å². The van der Waals surface area contributed by atoms with E-state index < -0.39 is 11.8 Å². The molecule has 1 N–H and O–H groups in total. The first-order valence-electron chi connectivity index (χ1n) is 5.35. The third kappa shape index (κ3) is 2.81. The molecule has 1 saturated heterocycles. The number of rotatable bonds is 3. The van der Waals surface area contributed by atoms with Crippen LogP contribution in [0.25, 0.3) is 0 Å². The number of benzene rings is 1. The molecule has 0 aromatic heterocycles. The van der Waals surface area contributed by atoms with Crippen molar-refractivity contribution in [2.45, 2.75) is 6.42 Å². The van der Waals surface area contributed by atoms with Gasteiger partial charge in [-0.1, -0.05) is 12.1 Å². The second-order valence-corrected chi connectivity index (χ2v) is 3.95. The van der Waals surface area contributed by atoms with Crippen molar-refractivity contribution >= 4 is 11.9 Å². The van der Waals surface area contributed by atoms with Gasteiger partial charge in [-0.25, -0.2) is 9.18 Å². The van der Waals surface area contributed by atoms with Crippen molar-refractivity contribution in [3.05, 3.63) is 35.6 Å². The molecule has 1 aliphatic heterocycles. The van der Waals surface area contributed by atoms with E-state index in [9.17, 15) is 14.0 Å². The van der Waals surface area contributed by atoms with Gasteiger partial charge in [0, 0.05) is 18.9 Å². The lowest BCUT2D eigenvalue weighted by molar-refractivity contribution is -0.119. The van der Waals surface area contributed by atoms with Gasteiger partial charge in [-0.3, -0.25) is 4.79 Å². The molecular weight excluding hydrogens is 225 g/mol. The SMILES string of the molecule is O=C1C[C@@H](COC(=O)c2ccccc2F)CN1. The van der Waals surface area contributed by atoms with Crippen LogP contribution in [0.3, 0.4) is 0 Å². The molecule has 2 rings (SSSR count). The minimum absolute atomic E-state index is 0.0155. The summed E-state index contributed by atoms with van der Waals surface area (Å²) in [6.45, 7) is 0.634. The predicted molar refractivity (Wildman–Crippen MR) is 57.8 cm³/mol. The summed E-state index contributed by atoms with van der Waals surface area (Å²) in [6, 6.07) is 5.65. The Morgan fingerprint density at radius 1 is 1.47 bits per heavy atom. The molecule has 0 aliphatic carbocycles. The first-order valence-corrected chi connectivity index (χ1v) is 5.35. The number of hydrogen-bond donors (Lipinski definition) is 1. The summed E-state index contributed by atoms with van der Waals surface area (Å²) in [5, 5.41) is 2.64. The molecule has 1 aromatic rings. The van der Waals surface area contributed by atoms with Gasteiger partial charge in [0.2, 0.25) is 5.91 Å². The van der Waals surface area contributed by atoms with Crippen molar-refractivity contribution in [2.24, 2.45) is 5.92 Å². The zero-order valence-corrected chi connectivity index (χ0v) is 9.11. The Morgan fingerprint density at radius 3 is 2.88 bits per heavy atom. The lowest BCUT2D eigenvalue weighted by atomic mass is 10.1. The Hall–Kier alpha value is -1.91. The Labute approximate surface area is 97.8 Å². The number of carbonyl (C=O) groups excluding carboxylic acids is 2. The fraction of sp³-hybridized carbons (Fsp3) is 0.333. The average molecular weight is 237 g/mol. The molecule has 0 radical (unpaired) electrons. The molecule has 0 bridgehead atoms. The minimum Gasteiger partial charge on any atom is -0.462 e.